The maximum atomic E-state index is 2.82. The Morgan fingerprint density at radius 1 is 0.690 bits per heavy atom. The molecular weight excluding hydrogens is 671 g/mol. The van der Waals surface area contributed by atoms with Crippen LogP contribution in [0.15, 0.2) is 119 Å². The summed E-state index contributed by atoms with van der Waals surface area (Å²) in [5.74, 6) is 0. The van der Waals surface area contributed by atoms with Crippen LogP contribution in [0.1, 0.15) is 74.9 Å². The van der Waals surface area contributed by atoms with Gasteiger partial charge in [0.05, 0.1) is 0 Å². The average molecular weight is 715 g/mol. The first-order chi connectivity index (χ1) is 20.0. The SMILES string of the molecule is CC(C)(C)c1ccc2c(c1)Cc1c-2ccc(C(C)(C)C)[c]1[Hf]([CH3])([CH]=C(c1ccccc1)c1ccccc1)[CH]1C=CC=C1. The molecule has 0 aromatic heterocycles. The molecular formula is C41H44Hf. The van der Waals surface area contributed by atoms with Gasteiger partial charge < -0.3 is 0 Å². The Kier molecular flexibility index (Phi) is 7.55. The minimum atomic E-state index is -3.61. The zero-order valence-corrected chi connectivity index (χ0v) is 29.9. The Labute approximate surface area is 258 Å². The number of rotatable bonds is 5. The molecule has 0 aliphatic heterocycles. The summed E-state index contributed by atoms with van der Waals surface area (Å²) in [4.78, 5) is 0. The molecule has 0 saturated carbocycles. The molecule has 0 spiro atoms. The molecule has 2 aliphatic carbocycles. The number of hydrogen-bond donors (Lipinski definition) is 0. The fraction of sp³-hybridized carbons (Fsp3) is 0.268. The zero-order valence-electron chi connectivity index (χ0n) is 26.3. The molecule has 6 rings (SSSR count). The molecule has 0 N–H and O–H groups in total. The van der Waals surface area contributed by atoms with Crippen LogP contribution in [0.4, 0.5) is 0 Å². The average Bonchev–Trinajstić information content (AvgIpc) is 3.64. The third-order valence-corrected chi connectivity index (χ3v) is 24.8. The quantitative estimate of drug-likeness (QED) is 0.159. The van der Waals surface area contributed by atoms with Crippen LogP contribution in [0.25, 0.3) is 16.7 Å². The van der Waals surface area contributed by atoms with Gasteiger partial charge in [-0.2, -0.15) is 0 Å². The van der Waals surface area contributed by atoms with E-state index in [1.165, 1.54) is 39.0 Å². The number of benzene rings is 4. The molecule has 1 heteroatoms. The van der Waals surface area contributed by atoms with E-state index in [1.807, 2.05) is 0 Å². The molecule has 1 atom stereocenters. The molecule has 1 unspecified atom stereocenters. The van der Waals surface area contributed by atoms with E-state index in [4.69, 9.17) is 0 Å². The van der Waals surface area contributed by atoms with Crippen LogP contribution >= 0.6 is 0 Å². The number of allylic oxidation sites excluding steroid dienone is 4. The molecule has 2 aliphatic rings. The van der Waals surface area contributed by atoms with Gasteiger partial charge in [0.2, 0.25) is 0 Å². The van der Waals surface area contributed by atoms with Crippen LogP contribution in [-0.2, 0) is 37.2 Å². The summed E-state index contributed by atoms with van der Waals surface area (Å²) in [5.41, 5.74) is 13.1. The van der Waals surface area contributed by atoms with Gasteiger partial charge in [0, 0.05) is 0 Å². The zero-order chi connectivity index (χ0) is 29.7. The summed E-state index contributed by atoms with van der Waals surface area (Å²) in [7, 11) is 0. The molecule has 0 saturated heterocycles. The first kappa shape index (κ1) is 29.1. The Bertz CT molecular complexity index is 1650. The van der Waals surface area contributed by atoms with Gasteiger partial charge in [-0.3, -0.25) is 0 Å². The van der Waals surface area contributed by atoms with Crippen LogP contribution in [0, 0.1) is 0 Å². The number of hydrogen-bond acceptors (Lipinski definition) is 0. The van der Waals surface area contributed by atoms with Crippen LogP contribution in [-0.4, -0.2) is 0 Å². The molecule has 0 radical (unpaired) electrons. The normalized spacial score (nSPS) is 15.8. The fourth-order valence-corrected chi connectivity index (χ4v) is 23.3. The van der Waals surface area contributed by atoms with Crippen LogP contribution in [0.2, 0.25) is 8.35 Å². The van der Waals surface area contributed by atoms with Crippen molar-refractivity contribution in [1.29, 1.82) is 0 Å². The van der Waals surface area contributed by atoms with Gasteiger partial charge in [-0.1, -0.05) is 0 Å². The topological polar surface area (TPSA) is 0 Å². The maximum absolute atomic E-state index is 3.61. The predicted molar refractivity (Wildman–Crippen MR) is 180 cm³/mol. The molecule has 0 amide bonds. The van der Waals surface area contributed by atoms with E-state index < -0.39 is 20.0 Å². The van der Waals surface area contributed by atoms with Crippen molar-refractivity contribution in [2.24, 2.45) is 0 Å². The standard InChI is InChI=1S/C21H25.C14H11.C5H5.CH3.Hf/c1-20(2,3)16-7-9-18-14(12-16)11-15-13-17(21(4,5)6)8-10-19(15)18;1-12(13-8-4-2-5-9-13)14-10-6-3-7-11-14;1-2-4-5-3-1;;/h7-10,12H,11H2,1-6H3;1-11H;1-5H;1H3;. The molecule has 42 heavy (non-hydrogen) atoms. The van der Waals surface area contributed by atoms with E-state index in [0.717, 1.165) is 6.42 Å². The van der Waals surface area contributed by atoms with Gasteiger partial charge in [0.15, 0.2) is 0 Å². The molecule has 212 valence electrons. The monoisotopic (exact) mass is 716 g/mol. The van der Waals surface area contributed by atoms with E-state index in [9.17, 15) is 0 Å². The molecule has 4 aromatic carbocycles. The first-order valence-electron chi connectivity index (χ1n) is 15.5. The van der Waals surface area contributed by atoms with Gasteiger partial charge in [-0.05, 0) is 0 Å². The fourth-order valence-electron chi connectivity index (χ4n) is 7.02. The van der Waals surface area contributed by atoms with Gasteiger partial charge in [-0.15, -0.1) is 0 Å². The molecule has 0 bridgehead atoms. The van der Waals surface area contributed by atoms with Crippen molar-refractivity contribution in [2.45, 2.75) is 67.1 Å². The third kappa shape index (κ3) is 5.30. The second kappa shape index (κ2) is 10.9. The van der Waals surface area contributed by atoms with Crippen LogP contribution in [0.3, 0.4) is 0 Å². The minimum absolute atomic E-state index is 0.0521. The third-order valence-electron chi connectivity index (χ3n) is 9.34. The van der Waals surface area contributed by atoms with Crippen molar-refractivity contribution in [3.8, 4) is 11.1 Å². The van der Waals surface area contributed by atoms with Crippen molar-refractivity contribution in [2.75, 3.05) is 0 Å². The summed E-state index contributed by atoms with van der Waals surface area (Å²) in [6.07, 6.45) is 10.6. The van der Waals surface area contributed by atoms with Crippen molar-refractivity contribution >= 4 is 8.89 Å². The number of fused-ring (bicyclic) bond motifs is 3. The Morgan fingerprint density at radius 3 is 1.81 bits per heavy atom. The van der Waals surface area contributed by atoms with Gasteiger partial charge >= 0.3 is 260 Å². The summed E-state index contributed by atoms with van der Waals surface area (Å²) < 4.78 is 7.71. The first-order valence-corrected chi connectivity index (χ1v) is 25.0. The Morgan fingerprint density at radius 2 is 1.26 bits per heavy atom. The van der Waals surface area contributed by atoms with Crippen LogP contribution in [0.5, 0.6) is 0 Å². The van der Waals surface area contributed by atoms with E-state index in [0.29, 0.717) is 3.67 Å². The summed E-state index contributed by atoms with van der Waals surface area (Å²) in [6, 6.07) is 34.3. The van der Waals surface area contributed by atoms with Gasteiger partial charge in [-0.25, -0.2) is 0 Å². The van der Waals surface area contributed by atoms with E-state index in [2.05, 4.69) is 165 Å². The summed E-state index contributed by atoms with van der Waals surface area (Å²) in [6.45, 7) is 14.2. The molecule has 0 heterocycles. The molecule has 0 nitrogen and oxygen atoms in total. The van der Waals surface area contributed by atoms with E-state index in [1.54, 1.807) is 14.4 Å². The Balaban J connectivity index is 1.65. The van der Waals surface area contributed by atoms with E-state index >= 15 is 0 Å². The van der Waals surface area contributed by atoms with Gasteiger partial charge in [0.1, 0.15) is 0 Å². The predicted octanol–water partition coefficient (Wildman–Crippen LogP) is 10.7. The second-order valence-corrected chi connectivity index (χ2v) is 28.9. The van der Waals surface area contributed by atoms with Crippen molar-refractivity contribution in [3.05, 3.63) is 153 Å². The van der Waals surface area contributed by atoms with Crippen molar-refractivity contribution in [1.82, 2.24) is 0 Å². The Hall–Kier alpha value is -3.03. The van der Waals surface area contributed by atoms with Crippen LogP contribution < -0.4 is 3.32 Å². The second-order valence-electron chi connectivity index (χ2n) is 14.4. The van der Waals surface area contributed by atoms with Gasteiger partial charge in [0.25, 0.3) is 0 Å². The summed E-state index contributed by atoms with van der Waals surface area (Å²) >= 11 is -3.61. The summed E-state index contributed by atoms with van der Waals surface area (Å²) in [5, 5.41) is 0. The van der Waals surface area contributed by atoms with Crippen molar-refractivity contribution in [3.63, 3.8) is 0 Å². The van der Waals surface area contributed by atoms with Crippen molar-refractivity contribution < 1.29 is 20.0 Å². The van der Waals surface area contributed by atoms with E-state index in [-0.39, 0.29) is 10.8 Å². The molecule has 4 aromatic rings. The molecule has 0 fully saturated rings.